The van der Waals surface area contributed by atoms with Crippen molar-refractivity contribution < 1.29 is 8.42 Å². The Morgan fingerprint density at radius 2 is 1.50 bits per heavy atom. The van der Waals surface area contributed by atoms with Gasteiger partial charge in [0.05, 0.1) is 6.04 Å². The van der Waals surface area contributed by atoms with Crippen LogP contribution < -0.4 is 4.72 Å². The van der Waals surface area contributed by atoms with Crippen LogP contribution in [0.5, 0.6) is 0 Å². The molecule has 1 heterocycles. The average molecular weight is 369 g/mol. The fourth-order valence-electron chi connectivity index (χ4n) is 3.08. The van der Waals surface area contributed by atoms with E-state index in [0.29, 0.717) is 27.8 Å². The van der Waals surface area contributed by atoms with Crippen LogP contribution >= 0.6 is 0 Å². The number of benzene rings is 2. The fourth-order valence-corrected chi connectivity index (χ4v) is 4.59. The topological polar surface area (TPSA) is 58.5 Å². The van der Waals surface area contributed by atoms with Crippen molar-refractivity contribution in [1.82, 2.24) is 4.72 Å². The van der Waals surface area contributed by atoms with E-state index in [1.165, 1.54) is 5.56 Å². The highest BCUT2D eigenvalue weighted by Gasteiger charge is 2.33. The lowest BCUT2D eigenvalue weighted by Gasteiger charge is -2.08. The van der Waals surface area contributed by atoms with Crippen LogP contribution in [-0.2, 0) is 10.0 Å². The van der Waals surface area contributed by atoms with Gasteiger partial charge >= 0.3 is 0 Å². The molecule has 2 aromatic carbocycles. The van der Waals surface area contributed by atoms with Gasteiger partial charge in [0.25, 0.3) is 10.0 Å². The minimum absolute atomic E-state index is 0.133. The van der Waals surface area contributed by atoms with E-state index in [1.807, 2.05) is 61.5 Å². The molecular formula is C21H24N2O2S. The number of hydrogen-bond acceptors (Lipinski definition) is 3. The summed E-state index contributed by atoms with van der Waals surface area (Å²) >= 11 is 0. The molecule has 0 fully saturated rings. The monoisotopic (exact) mass is 368 g/mol. The van der Waals surface area contributed by atoms with E-state index < -0.39 is 10.0 Å². The molecule has 2 aromatic rings. The van der Waals surface area contributed by atoms with Gasteiger partial charge in [-0.2, -0.15) is 0 Å². The van der Waals surface area contributed by atoms with Crippen molar-refractivity contribution in [3.8, 4) is 0 Å². The quantitative estimate of drug-likeness (QED) is 0.855. The third-order valence-electron chi connectivity index (χ3n) is 4.64. The second kappa shape index (κ2) is 7.08. The number of nitrogens with zero attached hydrogens (tertiary/aromatic N) is 1. The number of amidine groups is 1. The zero-order valence-corrected chi connectivity index (χ0v) is 16.3. The van der Waals surface area contributed by atoms with Crippen molar-refractivity contribution in [2.75, 3.05) is 0 Å². The van der Waals surface area contributed by atoms with Crippen molar-refractivity contribution in [2.45, 2.75) is 39.7 Å². The highest BCUT2D eigenvalue weighted by molar-refractivity contribution is 8.00. The predicted octanol–water partition coefficient (Wildman–Crippen LogP) is 4.63. The molecule has 1 aliphatic heterocycles. The minimum Gasteiger partial charge on any atom is -0.263 e. The summed E-state index contributed by atoms with van der Waals surface area (Å²) < 4.78 is 28.0. The van der Waals surface area contributed by atoms with Gasteiger partial charge in [-0.1, -0.05) is 68.4 Å². The Hall–Kier alpha value is -2.40. The molecule has 1 aliphatic rings. The number of sulfonamides is 1. The van der Waals surface area contributed by atoms with Crippen LogP contribution in [0.2, 0.25) is 0 Å². The number of hydrogen-bond donors (Lipinski definition) is 1. The van der Waals surface area contributed by atoms with Crippen molar-refractivity contribution >= 4 is 20.8 Å². The summed E-state index contributed by atoms with van der Waals surface area (Å²) in [5.41, 5.74) is 3.57. The highest BCUT2D eigenvalue weighted by Crippen LogP contribution is 2.31. The number of nitrogens with one attached hydrogen (secondary N) is 1. The molecule has 0 spiro atoms. The van der Waals surface area contributed by atoms with Gasteiger partial charge in [-0.25, -0.2) is 8.42 Å². The SMILES string of the molecule is CC1=C(c2ccc(C(C)C)cc2)S(=O)(=O)NC1=NC(C)c1ccccc1. The van der Waals surface area contributed by atoms with E-state index in [2.05, 4.69) is 23.6 Å². The van der Waals surface area contributed by atoms with Gasteiger partial charge in [-0.3, -0.25) is 9.71 Å². The molecule has 1 atom stereocenters. The highest BCUT2D eigenvalue weighted by atomic mass is 32.2. The maximum atomic E-state index is 12.7. The molecule has 136 valence electrons. The molecular weight excluding hydrogens is 344 g/mol. The van der Waals surface area contributed by atoms with Crippen LogP contribution in [0.25, 0.3) is 4.91 Å². The van der Waals surface area contributed by atoms with Gasteiger partial charge in [0, 0.05) is 5.57 Å². The van der Waals surface area contributed by atoms with E-state index in [9.17, 15) is 8.42 Å². The first-order chi connectivity index (χ1) is 12.3. The standard InChI is InChI=1S/C21H24N2O2S/c1-14(2)17-10-12-19(13-11-17)20-15(3)21(23-26(20,24)25)22-16(4)18-8-6-5-7-9-18/h5-14,16H,1-4H3,(H,22,23). The van der Waals surface area contributed by atoms with Crippen LogP contribution in [0.15, 0.2) is 65.2 Å². The first kappa shape index (κ1) is 18.4. The largest absolute Gasteiger partial charge is 0.264 e. The predicted molar refractivity (Wildman–Crippen MR) is 107 cm³/mol. The van der Waals surface area contributed by atoms with Gasteiger partial charge in [0.2, 0.25) is 0 Å². The lowest BCUT2D eigenvalue weighted by molar-refractivity contribution is 0.603. The van der Waals surface area contributed by atoms with Gasteiger partial charge in [-0.05, 0) is 36.5 Å². The van der Waals surface area contributed by atoms with Crippen LogP contribution in [-0.4, -0.2) is 14.3 Å². The molecule has 1 unspecified atom stereocenters. The van der Waals surface area contributed by atoms with E-state index in [0.717, 1.165) is 5.56 Å². The fraction of sp³-hybridized carbons (Fsp3) is 0.286. The Kier molecular flexibility index (Phi) is 5.01. The summed E-state index contributed by atoms with van der Waals surface area (Å²) in [6.07, 6.45) is 0. The summed E-state index contributed by atoms with van der Waals surface area (Å²) in [5.74, 6) is 0.825. The average Bonchev–Trinajstić information content (AvgIpc) is 2.84. The lowest BCUT2D eigenvalue weighted by Crippen LogP contribution is -2.24. The van der Waals surface area contributed by atoms with E-state index in [-0.39, 0.29) is 6.04 Å². The molecule has 0 saturated carbocycles. The molecule has 0 saturated heterocycles. The van der Waals surface area contributed by atoms with E-state index >= 15 is 0 Å². The second-order valence-corrected chi connectivity index (χ2v) is 8.52. The van der Waals surface area contributed by atoms with Crippen LogP contribution in [0, 0.1) is 0 Å². The molecule has 0 aromatic heterocycles. The molecule has 1 N–H and O–H groups in total. The van der Waals surface area contributed by atoms with Gasteiger partial charge < -0.3 is 0 Å². The van der Waals surface area contributed by atoms with Crippen molar-refractivity contribution in [3.63, 3.8) is 0 Å². The van der Waals surface area contributed by atoms with Crippen molar-refractivity contribution in [1.29, 1.82) is 0 Å². The summed E-state index contributed by atoms with van der Waals surface area (Å²) in [6, 6.07) is 17.4. The Morgan fingerprint density at radius 1 is 0.885 bits per heavy atom. The molecule has 0 aliphatic carbocycles. The summed E-state index contributed by atoms with van der Waals surface area (Å²) in [5, 5.41) is 0. The molecule has 4 nitrogen and oxygen atoms in total. The Labute approximate surface area is 155 Å². The van der Waals surface area contributed by atoms with E-state index in [4.69, 9.17) is 0 Å². The summed E-state index contributed by atoms with van der Waals surface area (Å²) in [6.45, 7) is 7.99. The number of rotatable bonds is 4. The summed E-state index contributed by atoms with van der Waals surface area (Å²) in [4.78, 5) is 4.92. The third-order valence-corrected chi connectivity index (χ3v) is 6.18. The van der Waals surface area contributed by atoms with Gasteiger partial charge in [0.15, 0.2) is 0 Å². The maximum absolute atomic E-state index is 12.7. The maximum Gasteiger partial charge on any atom is 0.264 e. The molecule has 0 radical (unpaired) electrons. The molecule has 0 amide bonds. The summed E-state index contributed by atoms with van der Waals surface area (Å²) in [7, 11) is -3.60. The normalized spacial score (nSPS) is 19.0. The zero-order chi connectivity index (χ0) is 18.9. The van der Waals surface area contributed by atoms with Crippen LogP contribution in [0.3, 0.4) is 0 Å². The molecule has 3 rings (SSSR count). The molecule has 0 bridgehead atoms. The van der Waals surface area contributed by atoms with Gasteiger partial charge in [-0.15, -0.1) is 0 Å². The number of aliphatic imine (C=N–C) groups is 1. The van der Waals surface area contributed by atoms with E-state index in [1.54, 1.807) is 6.92 Å². The van der Waals surface area contributed by atoms with Crippen molar-refractivity contribution in [3.05, 3.63) is 76.9 Å². The lowest BCUT2D eigenvalue weighted by atomic mass is 10.0. The first-order valence-electron chi connectivity index (χ1n) is 8.76. The first-order valence-corrected chi connectivity index (χ1v) is 10.2. The molecule has 26 heavy (non-hydrogen) atoms. The smallest absolute Gasteiger partial charge is 0.263 e. The van der Waals surface area contributed by atoms with Gasteiger partial charge in [0.1, 0.15) is 10.7 Å². The Morgan fingerprint density at radius 3 is 2.08 bits per heavy atom. The second-order valence-electron chi connectivity index (χ2n) is 6.90. The van der Waals surface area contributed by atoms with Crippen LogP contribution in [0.4, 0.5) is 0 Å². The molecule has 5 heteroatoms. The minimum atomic E-state index is -3.60. The Balaban J connectivity index is 2.00. The van der Waals surface area contributed by atoms with Crippen molar-refractivity contribution in [2.24, 2.45) is 4.99 Å². The third kappa shape index (κ3) is 3.58. The van der Waals surface area contributed by atoms with Crippen LogP contribution in [0.1, 0.15) is 56.3 Å². The zero-order valence-electron chi connectivity index (χ0n) is 15.5. The Bertz CT molecular complexity index is 957.